The zero-order chi connectivity index (χ0) is 19.3. The molecule has 1 saturated heterocycles. The van der Waals surface area contributed by atoms with Gasteiger partial charge in [-0.3, -0.25) is 4.79 Å². The Kier molecular flexibility index (Phi) is 3.89. The van der Waals surface area contributed by atoms with Crippen LogP contribution in [0.3, 0.4) is 0 Å². The Morgan fingerprint density at radius 2 is 1.86 bits per heavy atom. The molecule has 2 aromatic rings. The molecule has 3 aliphatic rings. The summed E-state index contributed by atoms with van der Waals surface area (Å²) in [6, 6.07) is 13.1. The Morgan fingerprint density at radius 3 is 2.71 bits per heavy atom. The predicted octanol–water partition coefficient (Wildman–Crippen LogP) is 2.95. The van der Waals surface area contributed by atoms with E-state index in [2.05, 4.69) is 24.4 Å². The number of piperazine rings is 1. The molecule has 1 fully saturated rings. The third kappa shape index (κ3) is 2.74. The second-order valence-electron chi connectivity index (χ2n) is 7.47. The van der Waals surface area contributed by atoms with Crippen molar-refractivity contribution in [3.05, 3.63) is 53.6 Å². The first-order valence-corrected chi connectivity index (χ1v) is 9.44. The van der Waals surface area contributed by atoms with Gasteiger partial charge in [0, 0.05) is 24.8 Å². The molecule has 1 N–H and O–H groups in total. The van der Waals surface area contributed by atoms with E-state index in [4.69, 9.17) is 9.47 Å². The Balaban J connectivity index is 1.37. The predicted molar refractivity (Wildman–Crippen MR) is 102 cm³/mol. The largest absolute Gasteiger partial charge is 0.454 e. The van der Waals surface area contributed by atoms with Crippen molar-refractivity contribution in [1.29, 1.82) is 0 Å². The molecule has 3 heterocycles. The summed E-state index contributed by atoms with van der Waals surface area (Å²) in [4.78, 5) is 29.1. The van der Waals surface area contributed by atoms with Crippen molar-refractivity contribution in [1.82, 2.24) is 9.80 Å². The van der Waals surface area contributed by atoms with Crippen LogP contribution in [0, 0.1) is 0 Å². The summed E-state index contributed by atoms with van der Waals surface area (Å²) in [5.41, 5.74) is 3.01. The summed E-state index contributed by atoms with van der Waals surface area (Å²) in [5.74, 6) is 1.55. The molecule has 2 aromatic carbocycles. The monoisotopic (exact) mass is 379 g/mol. The van der Waals surface area contributed by atoms with Gasteiger partial charge in [0.2, 0.25) is 12.7 Å². The van der Waals surface area contributed by atoms with Gasteiger partial charge in [-0.15, -0.1) is 0 Å². The zero-order valence-corrected chi connectivity index (χ0v) is 15.6. The number of nitrogens with one attached hydrogen (secondary N) is 1. The van der Waals surface area contributed by atoms with Gasteiger partial charge in [-0.1, -0.05) is 31.2 Å². The van der Waals surface area contributed by atoms with E-state index in [0.717, 1.165) is 5.56 Å². The topological polar surface area (TPSA) is 71.1 Å². The molecule has 0 spiro atoms. The van der Waals surface area contributed by atoms with Gasteiger partial charge in [0.1, 0.15) is 6.54 Å². The zero-order valence-electron chi connectivity index (χ0n) is 15.6. The fourth-order valence-electron chi connectivity index (χ4n) is 4.28. The highest BCUT2D eigenvalue weighted by atomic mass is 16.7. The molecule has 0 aromatic heterocycles. The highest BCUT2D eigenvalue weighted by Gasteiger charge is 2.40. The van der Waals surface area contributed by atoms with Gasteiger partial charge in [-0.05, 0) is 29.2 Å². The Hall–Kier alpha value is -3.22. The lowest BCUT2D eigenvalue weighted by molar-refractivity contribution is -0.139. The Labute approximate surface area is 162 Å². The first-order chi connectivity index (χ1) is 13.6. The average molecular weight is 379 g/mol. The summed E-state index contributed by atoms with van der Waals surface area (Å²) in [5, 5.41) is 2.87. The smallest absolute Gasteiger partial charge is 0.322 e. The van der Waals surface area contributed by atoms with Crippen molar-refractivity contribution in [2.24, 2.45) is 0 Å². The summed E-state index contributed by atoms with van der Waals surface area (Å²) in [6.07, 6.45) is 0. The van der Waals surface area contributed by atoms with Gasteiger partial charge in [-0.25, -0.2) is 4.79 Å². The number of benzene rings is 2. The molecule has 0 aliphatic carbocycles. The van der Waals surface area contributed by atoms with Crippen LogP contribution in [-0.2, 0) is 4.79 Å². The van der Waals surface area contributed by atoms with E-state index in [1.165, 1.54) is 5.56 Å². The normalized spacial score (nSPS) is 22.5. The number of anilines is 1. The maximum absolute atomic E-state index is 12.8. The van der Waals surface area contributed by atoms with Crippen molar-refractivity contribution in [2.75, 3.05) is 31.7 Å². The molecular formula is C21H21N3O4. The van der Waals surface area contributed by atoms with Crippen LogP contribution in [0.15, 0.2) is 42.5 Å². The quantitative estimate of drug-likeness (QED) is 0.827. The molecule has 2 atom stereocenters. The van der Waals surface area contributed by atoms with Gasteiger partial charge in [0.15, 0.2) is 11.5 Å². The third-order valence-electron chi connectivity index (χ3n) is 5.68. The van der Waals surface area contributed by atoms with E-state index < -0.39 is 0 Å². The second-order valence-corrected chi connectivity index (χ2v) is 7.47. The van der Waals surface area contributed by atoms with Gasteiger partial charge < -0.3 is 24.6 Å². The van der Waals surface area contributed by atoms with E-state index in [1.807, 2.05) is 17.0 Å². The van der Waals surface area contributed by atoms with Crippen LogP contribution in [0.25, 0.3) is 0 Å². The number of carbonyl (C=O) groups excluding carboxylic acids is 2. The molecule has 144 valence electrons. The molecule has 0 saturated carbocycles. The van der Waals surface area contributed by atoms with Crippen LogP contribution >= 0.6 is 0 Å². The van der Waals surface area contributed by atoms with E-state index in [1.54, 1.807) is 23.1 Å². The van der Waals surface area contributed by atoms with Crippen molar-refractivity contribution >= 4 is 17.6 Å². The fourth-order valence-corrected chi connectivity index (χ4v) is 4.28. The molecular weight excluding hydrogens is 358 g/mol. The van der Waals surface area contributed by atoms with E-state index in [9.17, 15) is 9.59 Å². The number of rotatable bonds is 1. The molecule has 7 nitrogen and oxygen atoms in total. The minimum atomic E-state index is -0.289. The molecule has 3 amide bonds. The lowest BCUT2D eigenvalue weighted by Gasteiger charge is -2.46. The first-order valence-electron chi connectivity index (χ1n) is 9.44. The lowest BCUT2D eigenvalue weighted by atomic mass is 9.85. The molecule has 28 heavy (non-hydrogen) atoms. The minimum Gasteiger partial charge on any atom is -0.454 e. The average Bonchev–Trinajstić information content (AvgIpc) is 3.17. The molecule has 3 aliphatic heterocycles. The number of hydrogen-bond acceptors (Lipinski definition) is 4. The van der Waals surface area contributed by atoms with Crippen LogP contribution in [0.5, 0.6) is 11.5 Å². The summed E-state index contributed by atoms with van der Waals surface area (Å²) in [6.45, 7) is 3.58. The van der Waals surface area contributed by atoms with Crippen LogP contribution in [-0.4, -0.2) is 48.2 Å². The van der Waals surface area contributed by atoms with E-state index in [-0.39, 0.29) is 31.3 Å². The fraction of sp³-hybridized carbons (Fsp3) is 0.333. The molecule has 0 bridgehead atoms. The van der Waals surface area contributed by atoms with Crippen LogP contribution < -0.4 is 14.8 Å². The summed E-state index contributed by atoms with van der Waals surface area (Å²) >= 11 is 0. The van der Waals surface area contributed by atoms with Gasteiger partial charge in [0.25, 0.3) is 0 Å². The Morgan fingerprint density at radius 1 is 1.07 bits per heavy atom. The summed E-state index contributed by atoms with van der Waals surface area (Å²) < 4.78 is 10.6. The number of ether oxygens (including phenoxy) is 2. The number of nitrogens with zero attached hydrogens (tertiary/aromatic N) is 2. The molecule has 7 heteroatoms. The van der Waals surface area contributed by atoms with Gasteiger partial charge in [-0.2, -0.15) is 0 Å². The number of carbonyl (C=O) groups is 2. The van der Waals surface area contributed by atoms with Crippen molar-refractivity contribution in [3.8, 4) is 11.5 Å². The maximum atomic E-state index is 12.8. The third-order valence-corrected chi connectivity index (χ3v) is 5.68. The lowest BCUT2D eigenvalue weighted by Crippen LogP contribution is -2.56. The highest BCUT2D eigenvalue weighted by Crippen LogP contribution is 2.38. The number of urea groups is 1. The number of amides is 3. The number of fused-ring (bicyclic) bond motifs is 4. The summed E-state index contributed by atoms with van der Waals surface area (Å²) in [7, 11) is 0. The minimum absolute atomic E-state index is 0.0153. The van der Waals surface area contributed by atoms with Crippen LogP contribution in [0.4, 0.5) is 10.5 Å². The molecule has 0 radical (unpaired) electrons. The van der Waals surface area contributed by atoms with Crippen molar-refractivity contribution < 1.29 is 19.1 Å². The van der Waals surface area contributed by atoms with E-state index in [0.29, 0.717) is 36.2 Å². The van der Waals surface area contributed by atoms with Crippen LogP contribution in [0.1, 0.15) is 30.0 Å². The second kappa shape index (κ2) is 6.44. The van der Waals surface area contributed by atoms with Crippen molar-refractivity contribution in [2.45, 2.75) is 18.9 Å². The van der Waals surface area contributed by atoms with Crippen LogP contribution in [0.2, 0.25) is 0 Å². The van der Waals surface area contributed by atoms with Gasteiger partial charge in [0.05, 0.1) is 6.04 Å². The molecule has 5 rings (SSSR count). The SMILES string of the molecule is CC1CN2C(=O)CN(C(=O)Nc3ccc4c(c3)OCO4)CC2c2ccccc21. The first kappa shape index (κ1) is 16.9. The highest BCUT2D eigenvalue weighted by molar-refractivity contribution is 5.93. The van der Waals surface area contributed by atoms with Gasteiger partial charge >= 0.3 is 6.03 Å². The van der Waals surface area contributed by atoms with E-state index >= 15 is 0 Å². The number of hydrogen-bond donors (Lipinski definition) is 1. The standard InChI is InChI=1S/C21H21N3O4/c1-13-9-24-17(16-5-3-2-4-15(13)16)10-23(11-20(24)25)21(26)22-14-6-7-18-19(8-14)28-12-27-18/h2-8,13,17H,9-12H2,1H3,(H,22,26). The maximum Gasteiger partial charge on any atom is 0.322 e. The van der Waals surface area contributed by atoms with Crippen molar-refractivity contribution in [3.63, 3.8) is 0 Å². The Bertz CT molecular complexity index is 960. The molecule has 2 unspecified atom stereocenters.